The van der Waals surface area contributed by atoms with Gasteiger partial charge in [0.25, 0.3) is 0 Å². The zero-order chi connectivity index (χ0) is 19.8. The Morgan fingerprint density at radius 1 is 1.15 bits per heavy atom. The first-order chi connectivity index (χ1) is 13.0. The lowest BCUT2D eigenvalue weighted by atomic mass is 10.1. The fraction of sp³-hybridized carbons (Fsp3) is 0.667. The summed E-state index contributed by atoms with van der Waals surface area (Å²) in [6, 6.07) is 0. The van der Waals surface area contributed by atoms with Gasteiger partial charge in [0.05, 0.1) is 25.4 Å². The lowest BCUT2D eigenvalue weighted by Gasteiger charge is -2.12. The van der Waals surface area contributed by atoms with Gasteiger partial charge in [-0.25, -0.2) is 4.99 Å². The smallest absolute Gasteiger partial charge is 0.192 e. The van der Waals surface area contributed by atoms with E-state index in [0.29, 0.717) is 26.2 Å². The molecule has 2 aromatic rings. The number of guanidine groups is 1. The number of nitrogens with zero attached hydrogens (tertiary/aromatic N) is 6. The maximum atomic E-state index is 5.13. The van der Waals surface area contributed by atoms with Crippen LogP contribution >= 0.6 is 0 Å². The molecule has 2 N–H and O–H groups in total. The second kappa shape index (κ2) is 10.1. The van der Waals surface area contributed by atoms with Gasteiger partial charge in [0.2, 0.25) is 0 Å². The molecule has 9 nitrogen and oxygen atoms in total. The van der Waals surface area contributed by atoms with Gasteiger partial charge in [-0.3, -0.25) is 4.68 Å². The molecule has 0 saturated heterocycles. The van der Waals surface area contributed by atoms with Gasteiger partial charge < -0.3 is 19.9 Å². The van der Waals surface area contributed by atoms with Crippen LogP contribution in [0.2, 0.25) is 0 Å². The van der Waals surface area contributed by atoms with Gasteiger partial charge in [-0.2, -0.15) is 5.10 Å². The zero-order valence-corrected chi connectivity index (χ0v) is 17.3. The summed E-state index contributed by atoms with van der Waals surface area (Å²) >= 11 is 0. The van der Waals surface area contributed by atoms with Crippen molar-refractivity contribution in [2.75, 3.05) is 20.3 Å². The molecule has 0 aromatic carbocycles. The number of ether oxygens (including phenoxy) is 1. The molecule has 2 aromatic heterocycles. The topological polar surface area (TPSA) is 94.2 Å². The van der Waals surface area contributed by atoms with Gasteiger partial charge in [-0.1, -0.05) is 13.8 Å². The van der Waals surface area contributed by atoms with E-state index in [9.17, 15) is 0 Å². The summed E-state index contributed by atoms with van der Waals surface area (Å²) in [5.41, 5.74) is 3.55. The van der Waals surface area contributed by atoms with Crippen molar-refractivity contribution in [2.24, 2.45) is 19.1 Å². The summed E-state index contributed by atoms with van der Waals surface area (Å²) in [6.45, 7) is 8.62. The Labute approximate surface area is 161 Å². The summed E-state index contributed by atoms with van der Waals surface area (Å²) in [5.74, 6) is 2.47. The largest absolute Gasteiger partial charge is 0.383 e. The monoisotopic (exact) mass is 376 g/mol. The average Bonchev–Trinajstić information content (AvgIpc) is 3.15. The molecule has 0 amide bonds. The van der Waals surface area contributed by atoms with Crippen molar-refractivity contribution in [3.63, 3.8) is 0 Å². The fourth-order valence-electron chi connectivity index (χ4n) is 2.94. The number of aliphatic imine (C=N–C) groups is 1. The predicted octanol–water partition coefficient (Wildman–Crippen LogP) is 0.864. The van der Waals surface area contributed by atoms with Crippen LogP contribution in [0.4, 0.5) is 0 Å². The molecule has 27 heavy (non-hydrogen) atoms. The lowest BCUT2D eigenvalue weighted by Crippen LogP contribution is -2.39. The molecule has 9 heteroatoms. The van der Waals surface area contributed by atoms with E-state index in [2.05, 4.69) is 39.8 Å². The number of aryl methyl sites for hydroxylation is 3. The second-order valence-electron chi connectivity index (χ2n) is 6.36. The first-order valence-corrected chi connectivity index (χ1v) is 9.41. The molecule has 0 aliphatic carbocycles. The van der Waals surface area contributed by atoms with Crippen molar-refractivity contribution in [2.45, 2.75) is 46.7 Å². The highest BCUT2D eigenvalue weighted by Gasteiger charge is 2.13. The van der Waals surface area contributed by atoms with Crippen molar-refractivity contribution in [1.82, 2.24) is 35.2 Å². The van der Waals surface area contributed by atoms with Crippen LogP contribution < -0.4 is 10.6 Å². The van der Waals surface area contributed by atoms with Crippen LogP contribution in [-0.4, -0.2) is 50.8 Å². The summed E-state index contributed by atoms with van der Waals surface area (Å²) in [4.78, 5) is 4.78. The first kappa shape index (κ1) is 20.9. The van der Waals surface area contributed by atoms with Gasteiger partial charge in [0.15, 0.2) is 11.8 Å². The standard InChI is InChI=1S/C18H32N8O/c1-7-15-14(16(8-2)26(5)24-15)11-20-18(19-9-10-27-6)21-12-17-23-22-13(3)25(17)4/h7-12H2,1-6H3,(H2,19,20,21). The van der Waals surface area contributed by atoms with Crippen LogP contribution in [0.25, 0.3) is 0 Å². The Balaban J connectivity index is 2.14. The van der Waals surface area contributed by atoms with E-state index in [1.807, 2.05) is 30.3 Å². The van der Waals surface area contributed by atoms with E-state index in [0.717, 1.165) is 36.1 Å². The molecule has 0 bridgehead atoms. The first-order valence-electron chi connectivity index (χ1n) is 9.41. The van der Waals surface area contributed by atoms with Crippen LogP contribution in [0.3, 0.4) is 0 Å². The number of methoxy groups -OCH3 is 1. The third kappa shape index (κ3) is 5.29. The highest BCUT2D eigenvalue weighted by Crippen LogP contribution is 2.16. The average molecular weight is 377 g/mol. The number of hydrogen-bond donors (Lipinski definition) is 2. The molecular formula is C18H32N8O. The van der Waals surface area contributed by atoms with E-state index in [1.165, 1.54) is 11.3 Å². The van der Waals surface area contributed by atoms with E-state index < -0.39 is 0 Å². The Morgan fingerprint density at radius 2 is 1.93 bits per heavy atom. The molecule has 0 saturated carbocycles. The molecule has 0 fully saturated rings. The predicted molar refractivity (Wildman–Crippen MR) is 106 cm³/mol. The molecular weight excluding hydrogens is 344 g/mol. The Morgan fingerprint density at radius 3 is 2.52 bits per heavy atom. The van der Waals surface area contributed by atoms with Gasteiger partial charge in [-0.05, 0) is 19.8 Å². The number of nitrogens with one attached hydrogen (secondary N) is 2. The van der Waals surface area contributed by atoms with Crippen molar-refractivity contribution in [3.8, 4) is 0 Å². The lowest BCUT2D eigenvalue weighted by molar-refractivity contribution is 0.203. The SMILES string of the molecule is CCc1nn(C)c(CC)c1CN=C(NCCOC)NCc1nnc(C)n1C. The van der Waals surface area contributed by atoms with Crippen molar-refractivity contribution in [3.05, 3.63) is 28.6 Å². The third-order valence-corrected chi connectivity index (χ3v) is 4.62. The van der Waals surface area contributed by atoms with Crippen molar-refractivity contribution < 1.29 is 4.74 Å². The van der Waals surface area contributed by atoms with E-state index in [1.54, 1.807) is 7.11 Å². The maximum absolute atomic E-state index is 5.13. The number of rotatable bonds is 9. The fourth-order valence-corrected chi connectivity index (χ4v) is 2.94. The normalized spacial score (nSPS) is 11.9. The molecule has 2 heterocycles. The molecule has 150 valence electrons. The number of aromatic nitrogens is 5. The van der Waals surface area contributed by atoms with Gasteiger partial charge in [-0.15, -0.1) is 10.2 Å². The highest BCUT2D eigenvalue weighted by molar-refractivity contribution is 5.79. The number of hydrogen-bond acceptors (Lipinski definition) is 5. The molecule has 0 radical (unpaired) electrons. The molecule has 2 rings (SSSR count). The van der Waals surface area contributed by atoms with Gasteiger partial charge >= 0.3 is 0 Å². The minimum Gasteiger partial charge on any atom is -0.383 e. The van der Waals surface area contributed by atoms with E-state index >= 15 is 0 Å². The van der Waals surface area contributed by atoms with Crippen LogP contribution in [0, 0.1) is 6.92 Å². The molecule has 0 aliphatic rings. The zero-order valence-electron chi connectivity index (χ0n) is 17.3. The minimum atomic E-state index is 0.546. The summed E-state index contributed by atoms with van der Waals surface area (Å²) in [5, 5.41) is 19.5. The van der Waals surface area contributed by atoms with E-state index in [4.69, 9.17) is 9.73 Å². The summed E-state index contributed by atoms with van der Waals surface area (Å²) in [6.07, 6.45) is 1.84. The third-order valence-electron chi connectivity index (χ3n) is 4.62. The van der Waals surface area contributed by atoms with Crippen molar-refractivity contribution in [1.29, 1.82) is 0 Å². The van der Waals surface area contributed by atoms with Gasteiger partial charge in [0, 0.05) is 39.0 Å². The maximum Gasteiger partial charge on any atom is 0.192 e. The Kier molecular flexibility index (Phi) is 7.78. The highest BCUT2D eigenvalue weighted by atomic mass is 16.5. The van der Waals surface area contributed by atoms with Crippen LogP contribution in [0.5, 0.6) is 0 Å². The van der Waals surface area contributed by atoms with Crippen molar-refractivity contribution >= 4 is 5.96 Å². The Hall–Kier alpha value is -2.42. The summed E-state index contributed by atoms with van der Waals surface area (Å²) in [7, 11) is 5.64. The van der Waals surface area contributed by atoms with Crippen LogP contribution in [-0.2, 0) is 44.8 Å². The van der Waals surface area contributed by atoms with Crippen LogP contribution in [0.15, 0.2) is 4.99 Å². The minimum absolute atomic E-state index is 0.546. The quantitative estimate of drug-likeness (QED) is 0.383. The molecule has 0 spiro atoms. The molecule has 0 aliphatic heterocycles. The molecule has 0 atom stereocenters. The van der Waals surface area contributed by atoms with Crippen LogP contribution in [0.1, 0.15) is 42.4 Å². The Bertz CT molecular complexity index is 762. The van der Waals surface area contributed by atoms with Gasteiger partial charge in [0.1, 0.15) is 5.82 Å². The second-order valence-corrected chi connectivity index (χ2v) is 6.36. The molecule has 0 unspecified atom stereocenters. The van der Waals surface area contributed by atoms with E-state index in [-0.39, 0.29) is 0 Å². The summed E-state index contributed by atoms with van der Waals surface area (Å²) < 4.78 is 9.06.